The first-order valence-electron chi connectivity index (χ1n) is 28.7. The van der Waals surface area contributed by atoms with Crippen molar-refractivity contribution in [3.05, 3.63) is 107 Å². The molecule has 33 heteroatoms. The highest BCUT2D eigenvalue weighted by molar-refractivity contribution is 5.97. The maximum atomic E-state index is 13.2. The van der Waals surface area contributed by atoms with E-state index in [1.165, 1.54) is 37.2 Å². The third kappa shape index (κ3) is 16.4. The van der Waals surface area contributed by atoms with Crippen LogP contribution in [0.5, 0.6) is 0 Å². The van der Waals surface area contributed by atoms with E-state index in [9.17, 15) is 74.8 Å². The Morgan fingerprint density at radius 1 is 0.564 bits per heavy atom. The molecule has 9 aromatic heterocycles. The van der Waals surface area contributed by atoms with Gasteiger partial charge in [0.15, 0.2) is 17.3 Å². The summed E-state index contributed by atoms with van der Waals surface area (Å²) in [5, 5.41) is 65.1. The Morgan fingerprint density at radius 3 is 1.30 bits per heavy atom. The van der Waals surface area contributed by atoms with Crippen molar-refractivity contribution in [2.45, 2.75) is 121 Å². The van der Waals surface area contributed by atoms with Crippen molar-refractivity contribution >= 4 is 68.3 Å². The van der Waals surface area contributed by atoms with Gasteiger partial charge in [0.2, 0.25) is 17.8 Å². The standard InChI is InChI=1S/C22H21F3N6O2.C20H19F3N6O2.C19H17F3N6O2/c1-11(18(33)5-12-3-2-4-17(12)32)30-21-29-8-13(7-26)19(31-21)16-10-28-20-15(16)6-14(9-27-20)22(23,24)25;1-19(2,15(31)4-3-5-30)29-18-27-8-11(7-24)16(28-18)14-10-26-17-13(14)6-12(9-25-17)20(21,22)23;1-10(15(30)3-2-4-29)27-18-26-7-11(6-23)16(28-18)14-9-25-17-13(14)5-12(8-24-17)19(20,21)22/h6,8-12,17,32H,2-5H2,1H3,(H,27,28)(H,29,30,31);6,8-10,30H,3-5H2,1-2H3,(H,25,26)(H,27,28,29);5,7-10,29H,2-4H2,1H3,(H,24,25)(H,26,27,28)/t11-,12?,17?;;10-/m1.1/s1. The van der Waals surface area contributed by atoms with Crippen molar-refractivity contribution in [3.63, 3.8) is 0 Å². The van der Waals surface area contributed by atoms with Crippen LogP contribution in [-0.4, -0.2) is 129 Å². The number of nitrogens with one attached hydrogen (secondary N) is 6. The summed E-state index contributed by atoms with van der Waals surface area (Å²) in [4.78, 5) is 81.8. The molecule has 10 rings (SSSR count). The summed E-state index contributed by atoms with van der Waals surface area (Å²) in [6.45, 7) is 6.28. The minimum absolute atomic E-state index is 0.0330. The van der Waals surface area contributed by atoms with Gasteiger partial charge in [0.25, 0.3) is 0 Å². The van der Waals surface area contributed by atoms with Gasteiger partial charge in [0, 0.05) is 103 Å². The summed E-state index contributed by atoms with van der Waals surface area (Å²) in [5.41, 5.74) is -1.94. The molecule has 1 saturated carbocycles. The number of hydrogen-bond donors (Lipinski definition) is 9. The van der Waals surface area contributed by atoms with Crippen LogP contribution in [0.1, 0.15) is 112 Å². The minimum Gasteiger partial charge on any atom is -0.396 e. The Balaban J connectivity index is 0.000000181. The van der Waals surface area contributed by atoms with E-state index in [4.69, 9.17) is 10.2 Å². The molecular weight excluding hydrogens is 1250 g/mol. The maximum absolute atomic E-state index is 13.2. The number of carbonyl (C=O) groups is 3. The number of halogens is 9. The highest BCUT2D eigenvalue weighted by Gasteiger charge is 2.36. The number of carbonyl (C=O) groups excluding carboxylic acids is 3. The Bertz CT molecular complexity index is 4390. The Morgan fingerprint density at radius 2 is 0.936 bits per heavy atom. The van der Waals surface area contributed by atoms with E-state index < -0.39 is 58.9 Å². The molecule has 24 nitrogen and oxygen atoms in total. The molecule has 9 N–H and O–H groups in total. The van der Waals surface area contributed by atoms with Crippen LogP contribution in [0, 0.1) is 39.9 Å². The van der Waals surface area contributed by atoms with E-state index in [0.29, 0.717) is 19.3 Å². The van der Waals surface area contributed by atoms with Gasteiger partial charge in [0.1, 0.15) is 35.1 Å². The molecule has 1 aliphatic rings. The third-order valence-corrected chi connectivity index (χ3v) is 15.1. The van der Waals surface area contributed by atoms with E-state index in [1.807, 2.05) is 18.2 Å². The number of aliphatic hydroxyl groups excluding tert-OH is 3. The van der Waals surface area contributed by atoms with Crippen molar-refractivity contribution in [1.29, 1.82) is 15.8 Å². The number of anilines is 3. The average Bonchev–Trinajstić information content (AvgIpc) is 1.56. The Hall–Kier alpha value is -10.6. The van der Waals surface area contributed by atoms with Crippen LogP contribution >= 0.6 is 0 Å². The second-order valence-corrected chi connectivity index (χ2v) is 22.1. The van der Waals surface area contributed by atoms with Crippen molar-refractivity contribution < 1.29 is 69.2 Å². The molecule has 490 valence electrons. The number of ketones is 3. The average molecular weight is 1310 g/mol. The smallest absolute Gasteiger partial charge is 0.396 e. The van der Waals surface area contributed by atoms with Crippen molar-refractivity contribution in [2.24, 2.45) is 5.92 Å². The molecule has 1 fully saturated rings. The zero-order valence-corrected chi connectivity index (χ0v) is 50.1. The van der Waals surface area contributed by atoms with Gasteiger partial charge in [-0.05, 0) is 77.5 Å². The number of alkyl halides is 9. The van der Waals surface area contributed by atoms with Gasteiger partial charge < -0.3 is 46.2 Å². The number of aromatic nitrogens is 12. The lowest BCUT2D eigenvalue weighted by molar-refractivity contribution is -0.138. The van der Waals surface area contributed by atoms with E-state index >= 15 is 0 Å². The largest absolute Gasteiger partial charge is 0.417 e. The topological polar surface area (TPSA) is 383 Å². The molecule has 0 spiro atoms. The number of H-pyrrole nitrogens is 3. The number of fused-ring (bicyclic) bond motifs is 3. The highest BCUT2D eigenvalue weighted by atomic mass is 19.4. The Kier molecular flexibility index (Phi) is 21.3. The predicted molar refractivity (Wildman–Crippen MR) is 320 cm³/mol. The van der Waals surface area contributed by atoms with Crippen LogP contribution in [0.15, 0.2) is 74.0 Å². The minimum atomic E-state index is -4.58. The van der Waals surface area contributed by atoms with Crippen LogP contribution in [0.25, 0.3) is 66.9 Å². The monoisotopic (exact) mass is 1310 g/mol. The van der Waals surface area contributed by atoms with Crippen LogP contribution in [-0.2, 0) is 32.9 Å². The fourth-order valence-corrected chi connectivity index (χ4v) is 9.88. The fourth-order valence-electron chi connectivity index (χ4n) is 9.88. The van der Waals surface area contributed by atoms with Crippen LogP contribution < -0.4 is 16.0 Å². The number of hydrogen-bond acceptors (Lipinski definition) is 21. The number of aromatic amines is 3. The maximum Gasteiger partial charge on any atom is 0.417 e. The number of aliphatic hydroxyl groups is 3. The molecule has 1 aliphatic carbocycles. The summed E-state index contributed by atoms with van der Waals surface area (Å²) < 4.78 is 118. The van der Waals surface area contributed by atoms with Gasteiger partial charge in [-0.1, -0.05) is 6.42 Å². The molecular formula is C61H57F9N18O6. The molecule has 0 radical (unpaired) electrons. The SMILES string of the molecule is CC(C)(Nc1ncc(C#N)c(-c2c[nH]c3ncc(C(F)(F)F)cc23)n1)C(=O)CCCO.C[C@@H](Nc1ncc(C#N)c(-c2c[nH]c3ncc(C(F)(F)F)cc23)n1)C(=O)CC1CCCC1O.C[C@@H](Nc1ncc(C#N)c(-c2c[nH]c3ncc(C(F)(F)F)cc23)n1)C(=O)CCCO. The number of rotatable bonds is 20. The molecule has 0 bridgehead atoms. The summed E-state index contributed by atoms with van der Waals surface area (Å²) in [6.07, 6.45) is -0.476. The van der Waals surface area contributed by atoms with Crippen molar-refractivity contribution in [1.82, 2.24) is 59.8 Å². The molecule has 9 aromatic rings. The predicted octanol–water partition coefficient (Wildman–Crippen LogP) is 10.3. The quantitative estimate of drug-likeness (QED) is 0.0320. The summed E-state index contributed by atoms with van der Waals surface area (Å²) >= 11 is 0. The van der Waals surface area contributed by atoms with Gasteiger partial charge in [-0.25, -0.2) is 44.9 Å². The van der Waals surface area contributed by atoms with Crippen LogP contribution in [0.4, 0.5) is 57.4 Å². The first-order chi connectivity index (χ1) is 44.5. The van der Waals surface area contributed by atoms with Gasteiger partial charge in [0.05, 0.1) is 92.8 Å². The van der Waals surface area contributed by atoms with Crippen molar-refractivity contribution in [3.8, 4) is 52.0 Å². The normalized spacial score (nSPS) is 14.8. The third-order valence-electron chi connectivity index (χ3n) is 15.1. The lowest BCUT2D eigenvalue weighted by atomic mass is 9.96. The van der Waals surface area contributed by atoms with E-state index in [-0.39, 0.29) is 157 Å². The van der Waals surface area contributed by atoms with Crippen molar-refractivity contribution in [2.75, 3.05) is 29.2 Å². The lowest BCUT2D eigenvalue weighted by Gasteiger charge is -2.25. The van der Waals surface area contributed by atoms with E-state index in [2.05, 4.69) is 75.8 Å². The molecule has 9 heterocycles. The lowest BCUT2D eigenvalue weighted by Crippen LogP contribution is -2.40. The fraction of sp³-hybridized carbons (Fsp3) is 0.361. The second-order valence-electron chi connectivity index (χ2n) is 22.1. The van der Waals surface area contributed by atoms with E-state index in [1.54, 1.807) is 27.7 Å². The second kappa shape index (κ2) is 28.9. The van der Waals surface area contributed by atoms with Crippen LogP contribution in [0.2, 0.25) is 0 Å². The van der Waals surface area contributed by atoms with Gasteiger partial charge in [-0.15, -0.1) is 0 Å². The van der Waals surface area contributed by atoms with Gasteiger partial charge in [-0.2, -0.15) is 55.3 Å². The number of nitriles is 3. The van der Waals surface area contributed by atoms with Gasteiger partial charge in [-0.3, -0.25) is 14.4 Å². The molecule has 0 aromatic carbocycles. The number of Topliss-reactive ketones (excluding diaryl/α,β-unsaturated/α-hetero) is 3. The summed E-state index contributed by atoms with van der Waals surface area (Å²) in [6, 6.07) is 7.31. The molecule has 4 atom stereocenters. The zero-order chi connectivity index (χ0) is 68.5. The first kappa shape index (κ1) is 69.3. The van der Waals surface area contributed by atoms with Gasteiger partial charge >= 0.3 is 18.5 Å². The molecule has 94 heavy (non-hydrogen) atoms. The summed E-state index contributed by atoms with van der Waals surface area (Å²) in [7, 11) is 0. The number of nitrogens with zero attached hydrogens (tertiary/aromatic N) is 12. The molecule has 0 aliphatic heterocycles. The zero-order valence-electron chi connectivity index (χ0n) is 50.1. The molecule has 0 amide bonds. The van der Waals surface area contributed by atoms with E-state index in [0.717, 1.165) is 49.6 Å². The molecule has 2 unspecified atom stereocenters. The number of pyridine rings is 3. The van der Waals surface area contributed by atoms with Crippen LogP contribution in [0.3, 0.4) is 0 Å². The first-order valence-corrected chi connectivity index (χ1v) is 28.7. The summed E-state index contributed by atoms with van der Waals surface area (Å²) in [5.74, 6) is -0.381. The molecule has 0 saturated heterocycles. The Labute approximate surface area is 527 Å². The highest BCUT2D eigenvalue weighted by Crippen LogP contribution is 2.39.